The van der Waals surface area contributed by atoms with Crippen LogP contribution in [-0.2, 0) is 10.8 Å². The monoisotopic (exact) mass is 295 g/mol. The van der Waals surface area contributed by atoms with E-state index in [2.05, 4.69) is 32.9 Å². The molecule has 3 rings (SSSR count). The number of nitrogens with two attached hydrogens (primary N) is 2. The quantitative estimate of drug-likeness (QED) is 0.833. The van der Waals surface area contributed by atoms with Crippen LogP contribution in [0.4, 0.5) is 5.69 Å². The Labute approximate surface area is 132 Å². The van der Waals surface area contributed by atoms with E-state index in [1.165, 1.54) is 16.7 Å². The SMILES string of the molecule is CC1(C)CC(C)(c2ccc(C(N)=O)cc2)c2cc(N)ccc21.[H+]. The minimum Gasteiger partial charge on any atom is -0.399 e. The molecule has 3 nitrogen and oxygen atoms in total. The average Bonchev–Trinajstić information content (AvgIpc) is 2.66. The van der Waals surface area contributed by atoms with Gasteiger partial charge in [-0.1, -0.05) is 39.0 Å². The molecule has 0 spiro atoms. The van der Waals surface area contributed by atoms with Gasteiger partial charge in [-0.2, -0.15) is 0 Å². The summed E-state index contributed by atoms with van der Waals surface area (Å²) in [6, 6.07) is 13.8. The van der Waals surface area contributed by atoms with Gasteiger partial charge in [0.2, 0.25) is 5.91 Å². The van der Waals surface area contributed by atoms with E-state index >= 15 is 0 Å². The molecule has 0 bridgehead atoms. The second kappa shape index (κ2) is 4.60. The Morgan fingerprint density at radius 1 is 1.05 bits per heavy atom. The molecular weight excluding hydrogens is 272 g/mol. The van der Waals surface area contributed by atoms with Gasteiger partial charge < -0.3 is 11.5 Å². The number of carbonyl (C=O) groups excluding carboxylic acids is 1. The van der Waals surface area contributed by atoms with Crippen LogP contribution in [-0.4, -0.2) is 5.91 Å². The van der Waals surface area contributed by atoms with Crippen molar-refractivity contribution < 1.29 is 6.22 Å². The summed E-state index contributed by atoms with van der Waals surface area (Å²) in [5, 5.41) is 0. The van der Waals surface area contributed by atoms with Gasteiger partial charge in [0, 0.05) is 16.7 Å². The van der Waals surface area contributed by atoms with Gasteiger partial charge in [0.1, 0.15) is 0 Å². The Bertz CT molecular complexity index is 752. The minimum atomic E-state index is -0.395. The average molecular weight is 295 g/mol. The third-order valence-electron chi connectivity index (χ3n) is 4.97. The summed E-state index contributed by atoms with van der Waals surface area (Å²) in [6.45, 7) is 6.79. The molecule has 0 heterocycles. The molecule has 0 saturated carbocycles. The van der Waals surface area contributed by atoms with Crippen LogP contribution in [0.1, 0.15) is 55.7 Å². The fraction of sp³-hybridized carbons (Fsp3) is 0.316. The highest BCUT2D eigenvalue weighted by atomic mass is 16.1. The van der Waals surface area contributed by atoms with Gasteiger partial charge in [-0.3, -0.25) is 4.79 Å². The number of nitrogen functional groups attached to an aromatic ring is 1. The van der Waals surface area contributed by atoms with Gasteiger partial charge >= 0.3 is 1.43 Å². The summed E-state index contributed by atoms with van der Waals surface area (Å²) in [4.78, 5) is 11.3. The van der Waals surface area contributed by atoms with E-state index in [-0.39, 0.29) is 12.3 Å². The Morgan fingerprint density at radius 2 is 1.68 bits per heavy atom. The van der Waals surface area contributed by atoms with E-state index in [0.717, 1.165) is 12.1 Å². The van der Waals surface area contributed by atoms with E-state index in [0.29, 0.717) is 5.56 Å². The molecule has 1 unspecified atom stereocenters. The topological polar surface area (TPSA) is 69.1 Å². The van der Waals surface area contributed by atoms with Crippen LogP contribution >= 0.6 is 0 Å². The lowest BCUT2D eigenvalue weighted by atomic mass is 9.75. The van der Waals surface area contributed by atoms with Crippen LogP contribution in [0.2, 0.25) is 0 Å². The lowest BCUT2D eigenvalue weighted by Crippen LogP contribution is -2.23. The number of anilines is 1. The van der Waals surface area contributed by atoms with Crippen molar-refractivity contribution in [3.63, 3.8) is 0 Å². The van der Waals surface area contributed by atoms with Gasteiger partial charge in [0.15, 0.2) is 0 Å². The summed E-state index contributed by atoms with van der Waals surface area (Å²) >= 11 is 0. The standard InChI is InChI=1S/C19H22N2O/c1-18(2)11-19(3,16-10-14(20)8-9-15(16)18)13-6-4-12(5-7-13)17(21)22/h4-10H,11,20H2,1-3H3,(H2,21,22)/p+1. The first-order valence-electron chi connectivity index (χ1n) is 7.55. The zero-order chi connectivity index (χ0) is 16.1. The maximum absolute atomic E-state index is 11.3. The molecule has 0 radical (unpaired) electrons. The highest BCUT2D eigenvalue weighted by molar-refractivity contribution is 5.92. The van der Waals surface area contributed by atoms with E-state index < -0.39 is 5.91 Å². The summed E-state index contributed by atoms with van der Waals surface area (Å²) in [5.41, 5.74) is 16.5. The van der Waals surface area contributed by atoms with Crippen LogP contribution in [0.25, 0.3) is 0 Å². The molecule has 3 heteroatoms. The normalized spacial score (nSPS) is 22.3. The zero-order valence-electron chi connectivity index (χ0n) is 14.3. The fourth-order valence-corrected chi connectivity index (χ4v) is 3.94. The fourth-order valence-electron chi connectivity index (χ4n) is 3.94. The third kappa shape index (κ3) is 2.08. The smallest absolute Gasteiger partial charge is 0.399 e. The summed E-state index contributed by atoms with van der Waals surface area (Å²) in [6.07, 6.45) is 1.01. The molecule has 2 aromatic carbocycles. The number of amides is 1. The number of hydrogen-bond donors (Lipinski definition) is 2. The molecule has 114 valence electrons. The molecule has 0 fully saturated rings. The number of fused-ring (bicyclic) bond motifs is 1. The lowest BCUT2D eigenvalue weighted by Gasteiger charge is -2.28. The molecule has 1 amide bonds. The van der Waals surface area contributed by atoms with Crippen molar-refractivity contribution in [3.8, 4) is 0 Å². The largest absolute Gasteiger partial charge is 1.00 e. The van der Waals surface area contributed by atoms with Gasteiger partial charge in [-0.05, 0) is 52.8 Å². The molecule has 0 aliphatic heterocycles. The maximum Gasteiger partial charge on any atom is 1.00 e. The summed E-state index contributed by atoms with van der Waals surface area (Å²) in [5.74, 6) is -0.395. The van der Waals surface area contributed by atoms with Crippen molar-refractivity contribution in [2.24, 2.45) is 5.73 Å². The van der Waals surface area contributed by atoms with Crippen molar-refractivity contribution >= 4 is 11.6 Å². The zero-order valence-corrected chi connectivity index (χ0v) is 13.3. The molecule has 0 aromatic heterocycles. The first kappa shape index (κ1) is 14.6. The van der Waals surface area contributed by atoms with Gasteiger partial charge in [-0.25, -0.2) is 0 Å². The van der Waals surface area contributed by atoms with E-state index in [1.54, 1.807) is 12.1 Å². The molecule has 1 aliphatic rings. The Balaban J connectivity index is 0.00000192. The molecule has 1 aliphatic carbocycles. The Kier molecular flexibility index (Phi) is 3.06. The number of primary amides is 1. The number of carbonyl (C=O) groups is 1. The first-order chi connectivity index (χ1) is 10.2. The van der Waals surface area contributed by atoms with E-state index in [9.17, 15) is 4.79 Å². The number of hydrogen-bond acceptors (Lipinski definition) is 2. The third-order valence-corrected chi connectivity index (χ3v) is 4.97. The van der Waals surface area contributed by atoms with Crippen LogP contribution in [0.15, 0.2) is 42.5 Å². The number of rotatable bonds is 2. The highest BCUT2D eigenvalue weighted by Gasteiger charge is 2.45. The molecule has 2 aromatic rings. The Hall–Kier alpha value is -2.29. The van der Waals surface area contributed by atoms with Gasteiger partial charge in [0.25, 0.3) is 0 Å². The van der Waals surface area contributed by atoms with Crippen molar-refractivity contribution in [2.45, 2.75) is 38.0 Å². The van der Waals surface area contributed by atoms with Crippen molar-refractivity contribution in [2.75, 3.05) is 5.73 Å². The van der Waals surface area contributed by atoms with Crippen molar-refractivity contribution in [1.29, 1.82) is 0 Å². The molecule has 1 atom stereocenters. The van der Waals surface area contributed by atoms with Crippen LogP contribution in [0.3, 0.4) is 0 Å². The second-order valence-corrected chi connectivity index (χ2v) is 7.14. The predicted octanol–water partition coefficient (Wildman–Crippen LogP) is 3.47. The summed E-state index contributed by atoms with van der Waals surface area (Å²) < 4.78 is 0. The molecular formula is C19H23N2O+. The van der Waals surface area contributed by atoms with Crippen LogP contribution in [0, 0.1) is 0 Å². The van der Waals surface area contributed by atoms with Gasteiger partial charge in [0.05, 0.1) is 0 Å². The predicted molar refractivity (Wildman–Crippen MR) is 91.0 cm³/mol. The minimum absolute atomic E-state index is 0. The van der Waals surface area contributed by atoms with E-state index in [4.69, 9.17) is 11.5 Å². The molecule has 0 saturated heterocycles. The Morgan fingerprint density at radius 3 is 2.27 bits per heavy atom. The van der Waals surface area contributed by atoms with E-state index in [1.807, 2.05) is 18.2 Å². The second-order valence-electron chi connectivity index (χ2n) is 7.14. The highest BCUT2D eigenvalue weighted by Crippen LogP contribution is 2.53. The van der Waals surface area contributed by atoms with Crippen LogP contribution < -0.4 is 11.5 Å². The van der Waals surface area contributed by atoms with Crippen molar-refractivity contribution in [3.05, 3.63) is 64.7 Å². The van der Waals surface area contributed by atoms with Gasteiger partial charge in [-0.15, -0.1) is 0 Å². The maximum atomic E-state index is 11.3. The summed E-state index contributed by atoms with van der Waals surface area (Å²) in [7, 11) is 0. The molecule has 22 heavy (non-hydrogen) atoms. The molecule has 4 N–H and O–H groups in total. The lowest BCUT2D eigenvalue weighted by molar-refractivity contribution is 0.1000. The number of benzene rings is 2. The van der Waals surface area contributed by atoms with Crippen LogP contribution in [0.5, 0.6) is 0 Å². The first-order valence-corrected chi connectivity index (χ1v) is 7.55. The van der Waals surface area contributed by atoms with Crippen molar-refractivity contribution in [1.82, 2.24) is 0 Å².